The van der Waals surface area contributed by atoms with Gasteiger partial charge < -0.3 is 9.88 Å². The van der Waals surface area contributed by atoms with Gasteiger partial charge >= 0.3 is 0 Å². The highest BCUT2D eigenvalue weighted by Crippen LogP contribution is 2.21. The third-order valence-corrected chi connectivity index (χ3v) is 3.67. The second-order valence-electron chi connectivity index (χ2n) is 5.23. The fourth-order valence-corrected chi connectivity index (χ4v) is 2.79. The molecule has 0 saturated heterocycles. The quantitative estimate of drug-likeness (QED) is 0.789. The predicted molar refractivity (Wildman–Crippen MR) is 81.7 cm³/mol. The maximum absolute atomic E-state index is 4.42. The van der Waals surface area contributed by atoms with Crippen molar-refractivity contribution < 1.29 is 0 Å². The van der Waals surface area contributed by atoms with Crippen LogP contribution in [0.1, 0.15) is 17.0 Å². The molecule has 0 atom stereocenters. The summed E-state index contributed by atoms with van der Waals surface area (Å²) >= 11 is 0. The lowest BCUT2D eigenvalue weighted by Crippen LogP contribution is -2.09. The Morgan fingerprint density at radius 3 is 2.80 bits per heavy atom. The maximum atomic E-state index is 4.42. The van der Waals surface area contributed by atoms with Gasteiger partial charge in [0, 0.05) is 19.8 Å². The molecule has 3 aromatic rings. The number of aromatic nitrogens is 3. The van der Waals surface area contributed by atoms with Crippen LogP contribution in [0.5, 0.6) is 0 Å². The van der Waals surface area contributed by atoms with Gasteiger partial charge in [0.25, 0.3) is 0 Å². The Morgan fingerprint density at radius 2 is 2.10 bits per heavy atom. The fourth-order valence-electron chi connectivity index (χ4n) is 2.79. The van der Waals surface area contributed by atoms with Gasteiger partial charge in [-0.25, -0.2) is 0 Å². The van der Waals surface area contributed by atoms with Gasteiger partial charge in [0.2, 0.25) is 0 Å². The second-order valence-corrected chi connectivity index (χ2v) is 5.23. The number of nitrogens with zero attached hydrogens (tertiary/aromatic N) is 3. The van der Waals surface area contributed by atoms with Crippen molar-refractivity contribution in [2.75, 3.05) is 7.05 Å². The van der Waals surface area contributed by atoms with Gasteiger partial charge in [0.1, 0.15) is 0 Å². The first-order valence-electron chi connectivity index (χ1n) is 6.90. The molecule has 3 rings (SSSR count). The second kappa shape index (κ2) is 5.13. The van der Waals surface area contributed by atoms with Crippen LogP contribution in [-0.4, -0.2) is 21.4 Å². The summed E-state index contributed by atoms with van der Waals surface area (Å²) in [5.74, 6) is 0. The van der Waals surface area contributed by atoms with Crippen molar-refractivity contribution in [2.45, 2.75) is 20.0 Å². The lowest BCUT2D eigenvalue weighted by Gasteiger charge is -2.10. The van der Waals surface area contributed by atoms with Crippen LogP contribution in [-0.2, 0) is 20.1 Å². The molecular formula is C16H20N4. The highest BCUT2D eigenvalue weighted by atomic mass is 15.3. The molecule has 0 aliphatic heterocycles. The van der Waals surface area contributed by atoms with Crippen molar-refractivity contribution in [3.05, 3.63) is 53.5 Å². The molecule has 0 aliphatic rings. The van der Waals surface area contributed by atoms with Crippen molar-refractivity contribution in [3.8, 4) is 0 Å². The summed E-state index contributed by atoms with van der Waals surface area (Å²) in [6, 6.07) is 10.8. The van der Waals surface area contributed by atoms with Gasteiger partial charge in [-0.2, -0.15) is 5.10 Å². The third kappa shape index (κ3) is 2.23. The molecule has 0 spiro atoms. The van der Waals surface area contributed by atoms with E-state index in [4.69, 9.17) is 0 Å². The molecule has 0 amide bonds. The summed E-state index contributed by atoms with van der Waals surface area (Å²) in [7, 11) is 3.99. The molecule has 4 nitrogen and oxygen atoms in total. The number of hydrogen-bond acceptors (Lipinski definition) is 2. The minimum Gasteiger partial charge on any atom is -0.341 e. The number of nitrogens with one attached hydrogen (secondary N) is 1. The van der Waals surface area contributed by atoms with Crippen LogP contribution in [0.15, 0.2) is 36.5 Å². The average molecular weight is 268 g/mol. The molecule has 1 aromatic carbocycles. The lowest BCUT2D eigenvalue weighted by atomic mass is 10.1. The molecule has 2 aromatic heterocycles. The van der Waals surface area contributed by atoms with Crippen molar-refractivity contribution in [1.82, 2.24) is 19.7 Å². The molecule has 0 bridgehead atoms. The zero-order valence-electron chi connectivity index (χ0n) is 12.2. The van der Waals surface area contributed by atoms with Crippen LogP contribution >= 0.6 is 0 Å². The average Bonchev–Trinajstić information content (AvgIpc) is 2.96. The monoisotopic (exact) mass is 268 g/mol. The van der Waals surface area contributed by atoms with Crippen LogP contribution in [0.2, 0.25) is 0 Å². The Labute approximate surface area is 119 Å². The van der Waals surface area contributed by atoms with Gasteiger partial charge in [0.05, 0.1) is 23.4 Å². The smallest absolute Gasteiger partial charge is 0.0645 e. The molecule has 0 aliphatic carbocycles. The molecule has 0 unspecified atom stereocenters. The Morgan fingerprint density at radius 1 is 1.25 bits per heavy atom. The summed E-state index contributed by atoms with van der Waals surface area (Å²) in [5, 5.41) is 8.95. The molecule has 4 heteroatoms. The number of aryl methyl sites for hydroxylation is 2. The van der Waals surface area contributed by atoms with E-state index in [9.17, 15) is 0 Å². The van der Waals surface area contributed by atoms with E-state index in [0.717, 1.165) is 18.8 Å². The minimum atomic E-state index is 0.849. The zero-order chi connectivity index (χ0) is 14.1. The van der Waals surface area contributed by atoms with Crippen LogP contribution in [0.25, 0.3) is 10.9 Å². The lowest BCUT2D eigenvalue weighted by molar-refractivity contribution is 0.671. The SMILES string of the molecule is CNCc1cccc2ccn(Cc3cc(C)nn3C)c12. The van der Waals surface area contributed by atoms with Crippen molar-refractivity contribution >= 4 is 10.9 Å². The summed E-state index contributed by atoms with van der Waals surface area (Å²) in [6.45, 7) is 3.76. The summed E-state index contributed by atoms with van der Waals surface area (Å²) in [6.07, 6.45) is 2.16. The van der Waals surface area contributed by atoms with E-state index in [1.807, 2.05) is 25.7 Å². The first kappa shape index (κ1) is 12.9. The Bertz CT molecular complexity index is 736. The van der Waals surface area contributed by atoms with E-state index in [-0.39, 0.29) is 0 Å². The van der Waals surface area contributed by atoms with Crippen molar-refractivity contribution in [1.29, 1.82) is 0 Å². The van der Waals surface area contributed by atoms with E-state index in [0.29, 0.717) is 0 Å². The summed E-state index contributed by atoms with van der Waals surface area (Å²) in [5.41, 5.74) is 4.92. The highest BCUT2D eigenvalue weighted by Gasteiger charge is 2.09. The number of para-hydroxylation sites is 1. The molecule has 0 radical (unpaired) electrons. The number of benzene rings is 1. The third-order valence-electron chi connectivity index (χ3n) is 3.67. The Hall–Kier alpha value is -2.07. The molecule has 2 heterocycles. The molecule has 104 valence electrons. The first-order valence-corrected chi connectivity index (χ1v) is 6.90. The maximum Gasteiger partial charge on any atom is 0.0645 e. The Balaban J connectivity index is 2.05. The largest absolute Gasteiger partial charge is 0.341 e. The fraction of sp³-hybridized carbons (Fsp3) is 0.312. The van der Waals surface area contributed by atoms with E-state index in [2.05, 4.69) is 51.5 Å². The van der Waals surface area contributed by atoms with Crippen LogP contribution < -0.4 is 5.32 Å². The number of hydrogen-bond donors (Lipinski definition) is 1. The van der Waals surface area contributed by atoms with E-state index < -0.39 is 0 Å². The zero-order valence-corrected chi connectivity index (χ0v) is 12.2. The molecule has 0 fully saturated rings. The van der Waals surface area contributed by atoms with Gasteiger partial charge in [-0.15, -0.1) is 0 Å². The number of fused-ring (bicyclic) bond motifs is 1. The predicted octanol–water partition coefficient (Wildman–Crippen LogP) is 2.45. The van der Waals surface area contributed by atoms with Crippen LogP contribution in [0, 0.1) is 6.92 Å². The van der Waals surface area contributed by atoms with Crippen LogP contribution in [0.3, 0.4) is 0 Å². The summed E-state index contributed by atoms with van der Waals surface area (Å²) in [4.78, 5) is 0. The van der Waals surface area contributed by atoms with Crippen LogP contribution in [0.4, 0.5) is 0 Å². The van der Waals surface area contributed by atoms with Gasteiger partial charge in [-0.1, -0.05) is 18.2 Å². The topological polar surface area (TPSA) is 34.8 Å². The van der Waals surface area contributed by atoms with Gasteiger partial charge in [0.15, 0.2) is 0 Å². The van der Waals surface area contributed by atoms with Crippen molar-refractivity contribution in [3.63, 3.8) is 0 Å². The van der Waals surface area contributed by atoms with E-state index in [1.165, 1.54) is 22.2 Å². The number of rotatable bonds is 4. The first-order chi connectivity index (χ1) is 9.69. The van der Waals surface area contributed by atoms with Gasteiger partial charge in [-0.05, 0) is 37.1 Å². The summed E-state index contributed by atoms with van der Waals surface area (Å²) < 4.78 is 4.26. The molecule has 0 saturated carbocycles. The van der Waals surface area contributed by atoms with E-state index in [1.54, 1.807) is 0 Å². The highest BCUT2D eigenvalue weighted by molar-refractivity contribution is 5.83. The molecule has 20 heavy (non-hydrogen) atoms. The van der Waals surface area contributed by atoms with E-state index >= 15 is 0 Å². The molecule has 1 N–H and O–H groups in total. The standard InChI is InChI=1S/C16H20N4/c1-12-9-15(19(3)18-12)11-20-8-7-13-5-4-6-14(10-17-2)16(13)20/h4-9,17H,10-11H2,1-3H3. The normalized spacial score (nSPS) is 11.3. The van der Waals surface area contributed by atoms with Crippen molar-refractivity contribution in [2.24, 2.45) is 7.05 Å². The Kier molecular flexibility index (Phi) is 3.32. The molecular weight excluding hydrogens is 248 g/mol. The minimum absolute atomic E-state index is 0.849. The van der Waals surface area contributed by atoms with Gasteiger partial charge in [-0.3, -0.25) is 4.68 Å².